The summed E-state index contributed by atoms with van der Waals surface area (Å²) in [7, 11) is 1.32. The minimum atomic E-state index is -0.558. The van der Waals surface area contributed by atoms with Crippen molar-refractivity contribution in [3.8, 4) is 0 Å². The van der Waals surface area contributed by atoms with Gasteiger partial charge in [-0.1, -0.05) is 13.0 Å². The van der Waals surface area contributed by atoms with E-state index in [1.54, 1.807) is 12.1 Å². The maximum Gasteiger partial charge on any atom is 0.337 e. The number of aryl methyl sites for hydroxylation is 1. The quantitative estimate of drug-likeness (QED) is 0.694. The second kappa shape index (κ2) is 4.74. The molecule has 3 heteroatoms. The van der Waals surface area contributed by atoms with E-state index in [2.05, 4.69) is 4.74 Å². The number of esters is 1. The van der Waals surface area contributed by atoms with Gasteiger partial charge in [0.2, 0.25) is 0 Å². The number of carbonyl (C=O) groups excluding carboxylic acids is 1. The molecular weight excluding hydrogens is 183 g/mol. The van der Waals surface area contributed by atoms with Crippen molar-refractivity contribution in [2.75, 3.05) is 7.11 Å². The lowest BCUT2D eigenvalue weighted by Crippen LogP contribution is -2.03. The lowest BCUT2D eigenvalue weighted by Gasteiger charge is -2.04. The standard InChI is InChI=1S/C11H13FO2/c1-3-8-4-9(7-12)6-10(5-8)11(13)14-2/h4-6H,3,7H2,1-2H3. The van der Waals surface area contributed by atoms with Crippen molar-refractivity contribution < 1.29 is 13.9 Å². The molecule has 0 spiro atoms. The molecule has 0 N–H and O–H groups in total. The highest BCUT2D eigenvalue weighted by molar-refractivity contribution is 5.89. The van der Waals surface area contributed by atoms with Crippen LogP contribution in [0.2, 0.25) is 0 Å². The van der Waals surface area contributed by atoms with Crippen LogP contribution in [0.15, 0.2) is 18.2 Å². The fourth-order valence-electron chi connectivity index (χ4n) is 1.28. The fourth-order valence-corrected chi connectivity index (χ4v) is 1.28. The summed E-state index contributed by atoms with van der Waals surface area (Å²) in [6, 6.07) is 5.00. The van der Waals surface area contributed by atoms with Crippen LogP contribution in [0.3, 0.4) is 0 Å². The molecule has 0 heterocycles. The molecule has 1 aromatic carbocycles. The molecule has 0 bridgehead atoms. The summed E-state index contributed by atoms with van der Waals surface area (Å²) in [5.41, 5.74) is 1.88. The summed E-state index contributed by atoms with van der Waals surface area (Å²) >= 11 is 0. The van der Waals surface area contributed by atoms with Gasteiger partial charge in [0.15, 0.2) is 0 Å². The average Bonchev–Trinajstić information content (AvgIpc) is 2.27. The van der Waals surface area contributed by atoms with Gasteiger partial charge in [0, 0.05) is 0 Å². The number of halogens is 1. The summed E-state index contributed by atoms with van der Waals surface area (Å²) in [6.07, 6.45) is 0.776. The zero-order valence-electron chi connectivity index (χ0n) is 8.34. The van der Waals surface area contributed by atoms with Crippen LogP contribution in [0.1, 0.15) is 28.4 Å². The van der Waals surface area contributed by atoms with E-state index in [4.69, 9.17) is 0 Å². The molecule has 0 saturated carbocycles. The third kappa shape index (κ3) is 2.31. The Morgan fingerprint density at radius 2 is 2.00 bits per heavy atom. The molecule has 1 aromatic rings. The van der Waals surface area contributed by atoms with E-state index in [1.165, 1.54) is 13.2 Å². The summed E-state index contributed by atoms with van der Waals surface area (Å²) < 4.78 is 17.0. The molecule has 0 aromatic heterocycles. The maximum atomic E-state index is 12.4. The van der Waals surface area contributed by atoms with E-state index in [0.29, 0.717) is 11.1 Å². The molecule has 2 nitrogen and oxygen atoms in total. The second-order valence-electron chi connectivity index (χ2n) is 3.02. The molecular formula is C11H13FO2. The van der Waals surface area contributed by atoms with Crippen LogP contribution in [0.5, 0.6) is 0 Å². The topological polar surface area (TPSA) is 26.3 Å². The molecule has 76 valence electrons. The number of benzene rings is 1. The van der Waals surface area contributed by atoms with Crippen molar-refractivity contribution in [1.82, 2.24) is 0 Å². The van der Waals surface area contributed by atoms with Gasteiger partial charge in [-0.15, -0.1) is 0 Å². The Kier molecular flexibility index (Phi) is 3.63. The fraction of sp³-hybridized carbons (Fsp3) is 0.364. The van der Waals surface area contributed by atoms with Crippen molar-refractivity contribution in [2.45, 2.75) is 20.0 Å². The van der Waals surface area contributed by atoms with Gasteiger partial charge in [-0.05, 0) is 29.7 Å². The Labute approximate surface area is 82.7 Å². The van der Waals surface area contributed by atoms with Crippen molar-refractivity contribution in [3.05, 3.63) is 34.9 Å². The largest absolute Gasteiger partial charge is 0.465 e. The van der Waals surface area contributed by atoms with Crippen molar-refractivity contribution in [1.29, 1.82) is 0 Å². The minimum Gasteiger partial charge on any atom is -0.465 e. The van der Waals surface area contributed by atoms with Gasteiger partial charge in [0.25, 0.3) is 0 Å². The van der Waals surface area contributed by atoms with E-state index in [0.717, 1.165) is 12.0 Å². The van der Waals surface area contributed by atoms with Crippen LogP contribution in [-0.2, 0) is 17.8 Å². The first-order chi connectivity index (χ1) is 6.71. The van der Waals surface area contributed by atoms with Crippen molar-refractivity contribution in [3.63, 3.8) is 0 Å². The summed E-state index contributed by atoms with van der Waals surface area (Å²) in [6.45, 7) is 1.40. The van der Waals surface area contributed by atoms with Gasteiger partial charge in [0.05, 0.1) is 12.7 Å². The van der Waals surface area contributed by atoms with Crippen LogP contribution >= 0.6 is 0 Å². The number of hydrogen-bond donors (Lipinski definition) is 0. The number of ether oxygens (including phenoxy) is 1. The summed E-state index contributed by atoms with van der Waals surface area (Å²) in [5.74, 6) is -0.421. The third-order valence-electron chi connectivity index (χ3n) is 2.04. The smallest absolute Gasteiger partial charge is 0.337 e. The highest BCUT2D eigenvalue weighted by atomic mass is 19.1. The molecule has 1 rings (SSSR count). The molecule has 14 heavy (non-hydrogen) atoms. The van der Waals surface area contributed by atoms with Crippen LogP contribution in [0.25, 0.3) is 0 Å². The highest BCUT2D eigenvalue weighted by Crippen LogP contribution is 2.13. The number of carbonyl (C=O) groups is 1. The molecule has 0 aliphatic heterocycles. The minimum absolute atomic E-state index is 0.416. The predicted octanol–water partition coefficient (Wildman–Crippen LogP) is 2.51. The SMILES string of the molecule is CCc1cc(CF)cc(C(=O)OC)c1. The maximum absolute atomic E-state index is 12.4. The van der Waals surface area contributed by atoms with Gasteiger partial charge in [-0.2, -0.15) is 0 Å². The Balaban J connectivity index is 3.10. The van der Waals surface area contributed by atoms with Gasteiger partial charge in [0.1, 0.15) is 6.67 Å². The highest BCUT2D eigenvalue weighted by Gasteiger charge is 2.07. The molecule has 0 unspecified atom stereocenters. The first kappa shape index (κ1) is 10.7. The van der Waals surface area contributed by atoms with Gasteiger partial charge in [-0.25, -0.2) is 9.18 Å². The first-order valence-corrected chi connectivity index (χ1v) is 4.48. The summed E-state index contributed by atoms with van der Waals surface area (Å²) in [5, 5.41) is 0. The molecule has 0 amide bonds. The van der Waals surface area contributed by atoms with E-state index in [9.17, 15) is 9.18 Å². The van der Waals surface area contributed by atoms with Crippen LogP contribution in [0.4, 0.5) is 4.39 Å². The van der Waals surface area contributed by atoms with Gasteiger partial charge in [-0.3, -0.25) is 0 Å². The van der Waals surface area contributed by atoms with Crippen molar-refractivity contribution in [2.24, 2.45) is 0 Å². The number of hydrogen-bond acceptors (Lipinski definition) is 2. The molecule has 0 saturated heterocycles. The zero-order chi connectivity index (χ0) is 10.6. The summed E-state index contributed by atoms with van der Waals surface area (Å²) in [4.78, 5) is 11.2. The lowest BCUT2D eigenvalue weighted by molar-refractivity contribution is 0.0600. The molecule has 0 radical (unpaired) electrons. The molecule has 0 atom stereocenters. The zero-order valence-corrected chi connectivity index (χ0v) is 8.34. The molecule has 0 aliphatic rings. The van der Waals surface area contributed by atoms with E-state index in [1.807, 2.05) is 6.92 Å². The van der Waals surface area contributed by atoms with Gasteiger partial charge < -0.3 is 4.74 Å². The van der Waals surface area contributed by atoms with Crippen LogP contribution < -0.4 is 0 Å². The molecule has 0 fully saturated rings. The van der Waals surface area contributed by atoms with Crippen molar-refractivity contribution >= 4 is 5.97 Å². The first-order valence-electron chi connectivity index (χ1n) is 4.48. The Morgan fingerprint density at radius 3 is 2.50 bits per heavy atom. The average molecular weight is 196 g/mol. The van der Waals surface area contributed by atoms with Gasteiger partial charge >= 0.3 is 5.97 Å². The van der Waals surface area contributed by atoms with E-state index in [-0.39, 0.29) is 0 Å². The Morgan fingerprint density at radius 1 is 1.36 bits per heavy atom. The number of alkyl halides is 1. The second-order valence-corrected chi connectivity index (χ2v) is 3.02. The Bertz CT molecular complexity index is 312. The van der Waals surface area contributed by atoms with E-state index < -0.39 is 12.6 Å². The predicted molar refractivity (Wildman–Crippen MR) is 52.0 cm³/mol. The monoisotopic (exact) mass is 196 g/mol. The Hall–Kier alpha value is -1.38. The number of rotatable bonds is 3. The third-order valence-corrected chi connectivity index (χ3v) is 2.04. The van der Waals surface area contributed by atoms with E-state index >= 15 is 0 Å². The normalized spacial score (nSPS) is 9.93. The van der Waals surface area contributed by atoms with Crippen LogP contribution in [0, 0.1) is 0 Å². The molecule has 0 aliphatic carbocycles. The number of methoxy groups -OCH3 is 1. The van der Waals surface area contributed by atoms with Crippen LogP contribution in [-0.4, -0.2) is 13.1 Å². The lowest BCUT2D eigenvalue weighted by atomic mass is 10.0.